The Hall–Kier alpha value is -0.250. The van der Waals surface area contributed by atoms with E-state index in [4.69, 9.17) is 0 Å². The maximum Gasteiger partial charge on any atom is 0.391 e. The minimum atomic E-state index is -3.98. The second kappa shape index (κ2) is 3.43. The van der Waals surface area contributed by atoms with Gasteiger partial charge in [0, 0.05) is 0 Å². The fourth-order valence-electron chi connectivity index (χ4n) is 1.35. The van der Waals surface area contributed by atoms with Crippen LogP contribution in [-0.4, -0.2) is 19.3 Å². The summed E-state index contributed by atoms with van der Waals surface area (Å²) in [5.41, 5.74) is 0. The number of hydrogen-bond donors (Lipinski definition) is 1. The molecule has 1 nitrogen and oxygen atoms in total. The average molecular weight is 167 g/mol. The molecule has 0 aromatic rings. The molecule has 11 heavy (non-hydrogen) atoms. The first-order valence-electron chi connectivity index (χ1n) is 3.88. The van der Waals surface area contributed by atoms with Crippen LogP contribution in [0, 0.1) is 5.92 Å². The zero-order valence-corrected chi connectivity index (χ0v) is 6.25. The van der Waals surface area contributed by atoms with Gasteiger partial charge in [0.15, 0.2) is 0 Å². The maximum atomic E-state index is 12.1. The van der Waals surface area contributed by atoms with Gasteiger partial charge in [-0.15, -0.1) is 0 Å². The van der Waals surface area contributed by atoms with Crippen LogP contribution in [0.2, 0.25) is 0 Å². The lowest BCUT2D eigenvalue weighted by atomic mass is 10.0. The molecule has 66 valence electrons. The summed E-state index contributed by atoms with van der Waals surface area (Å²) in [5, 5.41) is 2.95. The van der Waals surface area contributed by atoms with Crippen molar-refractivity contribution in [3.63, 3.8) is 0 Å². The number of rotatable bonds is 0. The molecule has 0 amide bonds. The van der Waals surface area contributed by atoms with Crippen LogP contribution >= 0.6 is 0 Å². The Bertz CT molecular complexity index is 113. The molecule has 1 aliphatic heterocycles. The van der Waals surface area contributed by atoms with Gasteiger partial charge in [0.25, 0.3) is 0 Å². The van der Waals surface area contributed by atoms with Gasteiger partial charge in [0.05, 0.1) is 5.92 Å². The summed E-state index contributed by atoms with van der Waals surface area (Å²) in [5.74, 6) is -1.07. The Morgan fingerprint density at radius 3 is 2.45 bits per heavy atom. The van der Waals surface area contributed by atoms with Crippen molar-refractivity contribution in [1.82, 2.24) is 5.32 Å². The van der Waals surface area contributed by atoms with E-state index < -0.39 is 12.1 Å². The standard InChI is InChI=1S/C7H12F3N/c8-7(9,10)6-2-1-4-11-5-3-6/h6,11H,1-5H2/t6-/m1/s1. The molecule has 1 saturated heterocycles. The third-order valence-corrected chi connectivity index (χ3v) is 2.04. The Kier molecular flexibility index (Phi) is 2.76. The largest absolute Gasteiger partial charge is 0.391 e. The number of halogens is 3. The summed E-state index contributed by atoms with van der Waals surface area (Å²) >= 11 is 0. The van der Waals surface area contributed by atoms with Crippen molar-refractivity contribution in [3.8, 4) is 0 Å². The second-order valence-electron chi connectivity index (χ2n) is 2.92. The Balaban J connectivity index is 2.43. The van der Waals surface area contributed by atoms with Crippen LogP contribution in [0.1, 0.15) is 19.3 Å². The van der Waals surface area contributed by atoms with Crippen molar-refractivity contribution in [3.05, 3.63) is 0 Å². The minimum Gasteiger partial charge on any atom is -0.317 e. The van der Waals surface area contributed by atoms with Crippen LogP contribution in [-0.2, 0) is 0 Å². The highest BCUT2D eigenvalue weighted by molar-refractivity contribution is 4.72. The molecule has 4 heteroatoms. The highest BCUT2D eigenvalue weighted by atomic mass is 19.4. The fraction of sp³-hybridized carbons (Fsp3) is 1.00. The van der Waals surface area contributed by atoms with Gasteiger partial charge < -0.3 is 5.32 Å². The molecule has 0 unspecified atom stereocenters. The molecular formula is C7H12F3N. The number of nitrogens with one attached hydrogen (secondary N) is 1. The monoisotopic (exact) mass is 167 g/mol. The van der Waals surface area contributed by atoms with Crippen molar-refractivity contribution in [2.75, 3.05) is 13.1 Å². The number of hydrogen-bond acceptors (Lipinski definition) is 1. The van der Waals surface area contributed by atoms with E-state index in [0.29, 0.717) is 13.0 Å². The lowest BCUT2D eigenvalue weighted by Gasteiger charge is -2.16. The highest BCUT2D eigenvalue weighted by Crippen LogP contribution is 2.32. The summed E-state index contributed by atoms with van der Waals surface area (Å²) in [6.45, 7) is 1.23. The van der Waals surface area contributed by atoms with Gasteiger partial charge in [-0.1, -0.05) is 0 Å². The fourth-order valence-corrected chi connectivity index (χ4v) is 1.35. The molecule has 0 aliphatic carbocycles. The second-order valence-corrected chi connectivity index (χ2v) is 2.92. The van der Waals surface area contributed by atoms with E-state index in [1.54, 1.807) is 0 Å². The molecule has 0 aromatic carbocycles. The third kappa shape index (κ3) is 2.69. The molecule has 1 fully saturated rings. The van der Waals surface area contributed by atoms with Gasteiger partial charge in [-0.2, -0.15) is 13.2 Å². The predicted molar refractivity (Wildman–Crippen MR) is 36.3 cm³/mol. The van der Waals surface area contributed by atoms with Gasteiger partial charge in [0.1, 0.15) is 0 Å². The van der Waals surface area contributed by atoms with Crippen LogP contribution in [0.5, 0.6) is 0 Å². The first kappa shape index (κ1) is 8.84. The molecule has 1 atom stereocenters. The van der Waals surface area contributed by atoms with Crippen LogP contribution in [0.3, 0.4) is 0 Å². The van der Waals surface area contributed by atoms with Gasteiger partial charge in [-0.25, -0.2) is 0 Å². The van der Waals surface area contributed by atoms with Crippen LogP contribution in [0.15, 0.2) is 0 Å². The van der Waals surface area contributed by atoms with Crippen molar-refractivity contribution in [2.24, 2.45) is 5.92 Å². The van der Waals surface area contributed by atoms with Crippen LogP contribution < -0.4 is 5.32 Å². The van der Waals surface area contributed by atoms with E-state index in [-0.39, 0.29) is 12.8 Å². The molecular weight excluding hydrogens is 155 g/mol. The first-order chi connectivity index (χ1) is 5.11. The number of alkyl halides is 3. The van der Waals surface area contributed by atoms with Crippen molar-refractivity contribution < 1.29 is 13.2 Å². The van der Waals surface area contributed by atoms with E-state index in [0.717, 1.165) is 6.54 Å². The maximum absolute atomic E-state index is 12.1. The minimum absolute atomic E-state index is 0.240. The average Bonchev–Trinajstić information content (AvgIpc) is 2.10. The van der Waals surface area contributed by atoms with E-state index >= 15 is 0 Å². The van der Waals surface area contributed by atoms with Gasteiger partial charge in [-0.05, 0) is 32.4 Å². The van der Waals surface area contributed by atoms with Gasteiger partial charge >= 0.3 is 6.18 Å². The molecule has 0 aromatic heterocycles. The van der Waals surface area contributed by atoms with Crippen molar-refractivity contribution in [2.45, 2.75) is 25.4 Å². The molecule has 1 N–H and O–H groups in total. The summed E-state index contributed by atoms with van der Waals surface area (Å²) in [7, 11) is 0. The Morgan fingerprint density at radius 2 is 1.82 bits per heavy atom. The lowest BCUT2D eigenvalue weighted by molar-refractivity contribution is -0.176. The molecule has 0 bridgehead atoms. The zero-order valence-electron chi connectivity index (χ0n) is 6.25. The molecule has 1 heterocycles. The van der Waals surface area contributed by atoms with Crippen molar-refractivity contribution >= 4 is 0 Å². The van der Waals surface area contributed by atoms with E-state index in [1.165, 1.54) is 0 Å². The summed E-state index contributed by atoms with van der Waals surface area (Å²) in [4.78, 5) is 0. The predicted octanol–water partition coefficient (Wildman–Crippen LogP) is 1.94. The van der Waals surface area contributed by atoms with Crippen LogP contribution in [0.25, 0.3) is 0 Å². The van der Waals surface area contributed by atoms with E-state index in [2.05, 4.69) is 5.32 Å². The third-order valence-electron chi connectivity index (χ3n) is 2.04. The normalized spacial score (nSPS) is 28.1. The molecule has 0 saturated carbocycles. The first-order valence-corrected chi connectivity index (χ1v) is 3.88. The summed E-state index contributed by atoms with van der Waals surface area (Å²) in [6.07, 6.45) is -2.81. The van der Waals surface area contributed by atoms with Gasteiger partial charge in [0.2, 0.25) is 0 Å². The smallest absolute Gasteiger partial charge is 0.317 e. The topological polar surface area (TPSA) is 12.0 Å². The summed E-state index contributed by atoms with van der Waals surface area (Å²) in [6, 6.07) is 0. The Morgan fingerprint density at radius 1 is 1.09 bits per heavy atom. The lowest BCUT2D eigenvalue weighted by Crippen LogP contribution is -2.23. The molecule has 1 aliphatic rings. The Labute approximate surface area is 64.0 Å². The molecule has 0 spiro atoms. The molecule has 0 radical (unpaired) electrons. The quantitative estimate of drug-likeness (QED) is 0.581. The van der Waals surface area contributed by atoms with E-state index in [1.807, 2.05) is 0 Å². The molecule has 1 rings (SSSR count). The van der Waals surface area contributed by atoms with Crippen molar-refractivity contribution in [1.29, 1.82) is 0 Å². The van der Waals surface area contributed by atoms with Crippen LogP contribution in [0.4, 0.5) is 13.2 Å². The zero-order chi connectivity index (χ0) is 8.32. The highest BCUT2D eigenvalue weighted by Gasteiger charge is 2.38. The van der Waals surface area contributed by atoms with E-state index in [9.17, 15) is 13.2 Å². The summed E-state index contributed by atoms with van der Waals surface area (Å²) < 4.78 is 36.3. The SMILES string of the molecule is FC(F)(F)[C@@H]1CCCNCC1. The van der Waals surface area contributed by atoms with Gasteiger partial charge in [-0.3, -0.25) is 0 Å².